The van der Waals surface area contributed by atoms with Gasteiger partial charge in [-0.05, 0) is 24.2 Å². The van der Waals surface area contributed by atoms with Crippen molar-refractivity contribution in [3.05, 3.63) is 0 Å². The summed E-state index contributed by atoms with van der Waals surface area (Å²) in [5.41, 5.74) is -0.143. The molecule has 1 aliphatic heterocycles. The molecular formula is C14H24N2O3. The summed E-state index contributed by atoms with van der Waals surface area (Å²) in [7, 11) is 1.47. The van der Waals surface area contributed by atoms with Gasteiger partial charge in [-0.1, -0.05) is 20.8 Å². The van der Waals surface area contributed by atoms with Gasteiger partial charge in [0.25, 0.3) is 0 Å². The highest BCUT2D eigenvalue weighted by molar-refractivity contribution is 5.65. The molecule has 0 spiro atoms. The normalized spacial score (nSPS) is 23.2. The number of ether oxygens (including phenoxy) is 1. The van der Waals surface area contributed by atoms with Gasteiger partial charge in [0.05, 0.1) is 6.07 Å². The Balaban J connectivity index is 3.01. The lowest BCUT2D eigenvalue weighted by atomic mass is 9.67. The monoisotopic (exact) mass is 268 g/mol. The molecule has 0 radical (unpaired) electrons. The maximum absolute atomic E-state index is 11.2. The zero-order valence-electron chi connectivity index (χ0n) is 12.2. The molecule has 0 aromatic rings. The lowest BCUT2D eigenvalue weighted by Gasteiger charge is -2.43. The number of hydrogen-bond donors (Lipinski definition) is 1. The minimum absolute atomic E-state index is 0.0288. The van der Waals surface area contributed by atoms with Crippen LogP contribution in [-0.4, -0.2) is 42.4 Å². The molecule has 5 nitrogen and oxygen atoms in total. The molecule has 1 amide bonds. The largest absolute Gasteiger partial charge is 0.465 e. The fraction of sp³-hybridized carbons (Fsp3) is 0.857. The SMILES string of the molecule is CN(C(=O)O)C(C#N)[C@@H]([C@H]1CCCOC1)C(C)(C)C. The average Bonchev–Trinajstić information content (AvgIpc) is 2.34. The number of carboxylic acid groups (broad SMARTS) is 1. The van der Waals surface area contributed by atoms with Gasteiger partial charge in [0, 0.05) is 26.2 Å². The van der Waals surface area contributed by atoms with Crippen LogP contribution in [0.4, 0.5) is 4.79 Å². The van der Waals surface area contributed by atoms with E-state index in [2.05, 4.69) is 26.8 Å². The second-order valence-corrected chi connectivity index (χ2v) is 6.34. The molecule has 1 unspecified atom stereocenters. The molecule has 19 heavy (non-hydrogen) atoms. The molecule has 0 aromatic heterocycles. The molecule has 0 aromatic carbocycles. The molecular weight excluding hydrogens is 244 g/mol. The van der Waals surface area contributed by atoms with Crippen LogP contribution in [-0.2, 0) is 4.74 Å². The minimum Gasteiger partial charge on any atom is -0.465 e. The summed E-state index contributed by atoms with van der Waals surface area (Å²) >= 11 is 0. The Morgan fingerprint density at radius 3 is 2.53 bits per heavy atom. The van der Waals surface area contributed by atoms with Crippen molar-refractivity contribution in [2.24, 2.45) is 17.3 Å². The van der Waals surface area contributed by atoms with Crippen molar-refractivity contribution in [3.63, 3.8) is 0 Å². The zero-order chi connectivity index (χ0) is 14.6. The van der Waals surface area contributed by atoms with Crippen LogP contribution in [0.25, 0.3) is 0 Å². The van der Waals surface area contributed by atoms with Crippen LogP contribution in [0.2, 0.25) is 0 Å². The maximum atomic E-state index is 11.2. The van der Waals surface area contributed by atoms with Crippen molar-refractivity contribution >= 4 is 6.09 Å². The predicted molar refractivity (Wildman–Crippen MR) is 71.7 cm³/mol. The second-order valence-electron chi connectivity index (χ2n) is 6.34. The van der Waals surface area contributed by atoms with E-state index in [9.17, 15) is 10.1 Å². The summed E-state index contributed by atoms with van der Waals surface area (Å²) in [6.45, 7) is 7.57. The topological polar surface area (TPSA) is 73.6 Å². The van der Waals surface area contributed by atoms with Crippen molar-refractivity contribution < 1.29 is 14.6 Å². The Hall–Kier alpha value is -1.28. The molecule has 3 atom stereocenters. The van der Waals surface area contributed by atoms with Crippen LogP contribution in [0.3, 0.4) is 0 Å². The summed E-state index contributed by atoms with van der Waals surface area (Å²) in [5.74, 6) is 0.207. The summed E-state index contributed by atoms with van der Waals surface area (Å²) in [5, 5.41) is 18.6. The fourth-order valence-corrected chi connectivity index (χ4v) is 3.01. The summed E-state index contributed by atoms with van der Waals surface area (Å²) in [4.78, 5) is 12.3. The van der Waals surface area contributed by atoms with Crippen LogP contribution in [0.1, 0.15) is 33.6 Å². The van der Waals surface area contributed by atoms with Gasteiger partial charge in [-0.3, -0.25) is 4.90 Å². The van der Waals surface area contributed by atoms with Crippen molar-refractivity contribution in [1.29, 1.82) is 5.26 Å². The molecule has 1 fully saturated rings. The molecule has 0 aliphatic carbocycles. The highest BCUT2D eigenvalue weighted by Crippen LogP contribution is 2.39. The Morgan fingerprint density at radius 2 is 2.16 bits per heavy atom. The molecule has 5 heteroatoms. The summed E-state index contributed by atoms with van der Waals surface area (Å²) < 4.78 is 5.52. The third kappa shape index (κ3) is 3.84. The standard InChI is InChI=1S/C14H24N2O3/c1-14(2,3)12(10-6-5-7-19-9-10)11(8-15)16(4)13(17)18/h10-12H,5-7,9H2,1-4H3,(H,17,18)/t10-,11?,12+/m0/s1. The van der Waals surface area contributed by atoms with Gasteiger partial charge in [0.2, 0.25) is 0 Å². The first kappa shape index (κ1) is 15.8. The van der Waals surface area contributed by atoms with E-state index >= 15 is 0 Å². The van der Waals surface area contributed by atoms with Crippen LogP contribution in [0.15, 0.2) is 0 Å². The first-order chi connectivity index (χ1) is 8.79. The molecule has 1 heterocycles. The fourth-order valence-electron chi connectivity index (χ4n) is 3.01. The van der Waals surface area contributed by atoms with E-state index in [0.717, 1.165) is 24.3 Å². The van der Waals surface area contributed by atoms with Gasteiger partial charge in [-0.25, -0.2) is 4.79 Å². The van der Waals surface area contributed by atoms with Crippen molar-refractivity contribution in [1.82, 2.24) is 4.90 Å². The van der Waals surface area contributed by atoms with E-state index in [1.807, 2.05) is 0 Å². The molecule has 0 bridgehead atoms. The van der Waals surface area contributed by atoms with E-state index in [1.165, 1.54) is 7.05 Å². The van der Waals surface area contributed by atoms with Gasteiger partial charge in [-0.2, -0.15) is 5.26 Å². The Morgan fingerprint density at radius 1 is 1.53 bits per heavy atom. The van der Waals surface area contributed by atoms with Gasteiger partial charge in [-0.15, -0.1) is 0 Å². The van der Waals surface area contributed by atoms with Crippen molar-refractivity contribution in [2.45, 2.75) is 39.7 Å². The first-order valence-electron chi connectivity index (χ1n) is 6.72. The van der Waals surface area contributed by atoms with Crippen molar-refractivity contribution in [3.8, 4) is 6.07 Å². The van der Waals surface area contributed by atoms with E-state index in [4.69, 9.17) is 9.84 Å². The number of carbonyl (C=O) groups is 1. The Bertz CT molecular complexity index is 351. The Labute approximate surface area is 115 Å². The van der Waals surface area contributed by atoms with Gasteiger partial charge in [0.15, 0.2) is 0 Å². The highest BCUT2D eigenvalue weighted by atomic mass is 16.5. The lowest BCUT2D eigenvalue weighted by Crippen LogP contribution is -2.49. The molecule has 1 N–H and O–H groups in total. The van der Waals surface area contributed by atoms with Crippen LogP contribution in [0, 0.1) is 28.6 Å². The summed E-state index contributed by atoms with van der Waals surface area (Å²) in [6.07, 6.45) is 0.914. The molecule has 108 valence electrons. The maximum Gasteiger partial charge on any atom is 0.408 e. The van der Waals surface area contributed by atoms with Gasteiger partial charge >= 0.3 is 6.09 Å². The third-order valence-electron chi connectivity index (χ3n) is 3.89. The number of nitriles is 1. The molecule has 1 rings (SSSR count). The van der Waals surface area contributed by atoms with Gasteiger partial charge < -0.3 is 9.84 Å². The number of rotatable bonds is 3. The van der Waals surface area contributed by atoms with Gasteiger partial charge in [0.1, 0.15) is 6.04 Å². The summed E-state index contributed by atoms with van der Waals surface area (Å²) in [6, 6.07) is 1.54. The number of hydrogen-bond acceptors (Lipinski definition) is 3. The van der Waals surface area contributed by atoms with E-state index in [1.54, 1.807) is 0 Å². The van der Waals surface area contributed by atoms with Crippen LogP contribution >= 0.6 is 0 Å². The number of nitrogens with zero attached hydrogens (tertiary/aromatic N) is 2. The first-order valence-corrected chi connectivity index (χ1v) is 6.72. The molecule has 0 saturated carbocycles. The zero-order valence-corrected chi connectivity index (χ0v) is 12.2. The molecule has 1 aliphatic rings. The van der Waals surface area contributed by atoms with E-state index in [-0.39, 0.29) is 17.3 Å². The quantitative estimate of drug-likeness (QED) is 0.853. The number of amides is 1. The minimum atomic E-state index is -1.06. The molecule has 1 saturated heterocycles. The van der Waals surface area contributed by atoms with E-state index < -0.39 is 12.1 Å². The van der Waals surface area contributed by atoms with E-state index in [0.29, 0.717) is 6.61 Å². The highest BCUT2D eigenvalue weighted by Gasteiger charge is 2.42. The lowest BCUT2D eigenvalue weighted by molar-refractivity contribution is -0.0177. The Kier molecular flexibility index (Phi) is 5.19. The smallest absolute Gasteiger partial charge is 0.408 e. The predicted octanol–water partition coefficient (Wildman–Crippen LogP) is 2.58. The van der Waals surface area contributed by atoms with Crippen molar-refractivity contribution in [2.75, 3.05) is 20.3 Å². The van der Waals surface area contributed by atoms with Crippen LogP contribution < -0.4 is 0 Å². The second kappa shape index (κ2) is 6.25. The average molecular weight is 268 g/mol. The van der Waals surface area contributed by atoms with Crippen LogP contribution in [0.5, 0.6) is 0 Å². The third-order valence-corrected chi connectivity index (χ3v) is 3.89.